The van der Waals surface area contributed by atoms with Gasteiger partial charge in [0.15, 0.2) is 0 Å². The molecule has 68 valence electrons. The summed E-state index contributed by atoms with van der Waals surface area (Å²) in [4.78, 5) is 0. The summed E-state index contributed by atoms with van der Waals surface area (Å²) in [6, 6.07) is 4.30. The van der Waals surface area contributed by atoms with Crippen LogP contribution in [0.2, 0.25) is 0 Å². The van der Waals surface area contributed by atoms with E-state index in [0.717, 1.165) is 4.47 Å². The molecule has 0 radical (unpaired) electrons. The van der Waals surface area contributed by atoms with Crippen LogP contribution in [0.15, 0.2) is 22.0 Å². The number of hydrogen-bond donors (Lipinski definition) is 0. The minimum Gasteiger partial charge on any atom is -0.142 e. The second kappa shape index (κ2) is 4.04. The predicted molar refractivity (Wildman–Crippen MR) is 71.8 cm³/mol. The molecule has 2 rings (SSSR count). The molecule has 0 saturated carbocycles. The molecule has 0 N–H and O–H groups in total. The first-order chi connectivity index (χ1) is 6.22. The highest BCUT2D eigenvalue weighted by Crippen LogP contribution is 2.34. The molecule has 0 unspecified atom stereocenters. The first-order valence-electron chi connectivity index (χ1n) is 3.63. The molecule has 0 bridgehead atoms. The van der Waals surface area contributed by atoms with E-state index in [4.69, 9.17) is 11.6 Å². The second-order valence-corrected chi connectivity index (χ2v) is 5.91. The van der Waals surface area contributed by atoms with E-state index >= 15 is 0 Å². The van der Waals surface area contributed by atoms with Crippen LogP contribution in [0, 0.1) is 3.57 Å². The van der Waals surface area contributed by atoms with Gasteiger partial charge in [0, 0.05) is 18.6 Å². The van der Waals surface area contributed by atoms with Gasteiger partial charge in [0.05, 0.1) is 0 Å². The molecule has 1 aromatic carbocycles. The number of benzene rings is 1. The lowest BCUT2D eigenvalue weighted by Gasteiger charge is -1.97. The van der Waals surface area contributed by atoms with E-state index in [1.807, 2.05) is 0 Å². The van der Waals surface area contributed by atoms with Gasteiger partial charge in [-0.1, -0.05) is 0 Å². The highest BCUT2D eigenvalue weighted by molar-refractivity contribution is 14.1. The van der Waals surface area contributed by atoms with Crippen molar-refractivity contribution in [1.82, 2.24) is 0 Å². The normalized spacial score (nSPS) is 11.0. The monoisotopic (exact) mass is 386 g/mol. The lowest BCUT2D eigenvalue weighted by Crippen LogP contribution is -1.76. The Bertz CT molecular complexity index is 452. The molecule has 2 aromatic rings. The molecule has 0 fully saturated rings. The van der Waals surface area contributed by atoms with E-state index in [2.05, 4.69) is 56.0 Å². The summed E-state index contributed by atoms with van der Waals surface area (Å²) in [5, 5.41) is 3.40. The minimum atomic E-state index is 0.590. The molecular weight excluding hydrogens is 382 g/mol. The molecule has 1 aromatic heterocycles. The summed E-state index contributed by atoms with van der Waals surface area (Å²) in [5.41, 5.74) is 1.22. The molecule has 0 aliphatic rings. The van der Waals surface area contributed by atoms with Crippen molar-refractivity contribution >= 4 is 71.5 Å². The Morgan fingerprint density at radius 2 is 2.23 bits per heavy atom. The fourth-order valence-electron chi connectivity index (χ4n) is 1.22. The number of hydrogen-bond acceptors (Lipinski definition) is 1. The van der Waals surface area contributed by atoms with Crippen molar-refractivity contribution in [3.05, 3.63) is 31.1 Å². The van der Waals surface area contributed by atoms with Crippen LogP contribution in [-0.2, 0) is 5.88 Å². The van der Waals surface area contributed by atoms with Crippen LogP contribution in [0.4, 0.5) is 0 Å². The lowest BCUT2D eigenvalue weighted by atomic mass is 10.2. The van der Waals surface area contributed by atoms with Gasteiger partial charge in [-0.25, -0.2) is 0 Å². The molecule has 0 saturated heterocycles. The average molecular weight is 387 g/mol. The number of alkyl halides is 1. The average Bonchev–Trinajstić information content (AvgIpc) is 2.47. The first-order valence-corrected chi connectivity index (χ1v) is 6.92. The molecule has 4 heteroatoms. The standard InChI is InChI=1S/C9H5BrClIS/c10-8-2-6(12)1-7-5(3-11)4-13-9(7)8/h1-2,4H,3H2. The lowest BCUT2D eigenvalue weighted by molar-refractivity contribution is 1.49. The van der Waals surface area contributed by atoms with Gasteiger partial charge in [0.2, 0.25) is 0 Å². The van der Waals surface area contributed by atoms with Crippen LogP contribution in [0.5, 0.6) is 0 Å². The van der Waals surface area contributed by atoms with Crippen LogP contribution in [0.25, 0.3) is 10.1 Å². The van der Waals surface area contributed by atoms with E-state index in [0.29, 0.717) is 5.88 Å². The zero-order chi connectivity index (χ0) is 9.42. The van der Waals surface area contributed by atoms with Crippen molar-refractivity contribution in [2.75, 3.05) is 0 Å². The van der Waals surface area contributed by atoms with Gasteiger partial charge in [-0.05, 0) is 67.0 Å². The smallest absolute Gasteiger partial charge is 0.0488 e. The largest absolute Gasteiger partial charge is 0.142 e. The highest BCUT2D eigenvalue weighted by atomic mass is 127. The van der Waals surface area contributed by atoms with Crippen LogP contribution in [-0.4, -0.2) is 0 Å². The molecule has 0 nitrogen and oxygen atoms in total. The van der Waals surface area contributed by atoms with Gasteiger partial charge >= 0.3 is 0 Å². The van der Waals surface area contributed by atoms with Gasteiger partial charge in [0.1, 0.15) is 0 Å². The molecule has 0 amide bonds. The van der Waals surface area contributed by atoms with E-state index in [9.17, 15) is 0 Å². The molecular formula is C9H5BrClIS. The van der Waals surface area contributed by atoms with Gasteiger partial charge in [0.25, 0.3) is 0 Å². The van der Waals surface area contributed by atoms with Crippen molar-refractivity contribution in [2.45, 2.75) is 5.88 Å². The third-order valence-electron chi connectivity index (χ3n) is 1.82. The Morgan fingerprint density at radius 1 is 1.46 bits per heavy atom. The predicted octanol–water partition coefficient (Wildman–Crippen LogP) is 5.01. The van der Waals surface area contributed by atoms with Crippen molar-refractivity contribution in [1.29, 1.82) is 0 Å². The Labute approximate surface area is 108 Å². The van der Waals surface area contributed by atoms with E-state index < -0.39 is 0 Å². The molecule has 0 spiro atoms. The minimum absolute atomic E-state index is 0.590. The van der Waals surface area contributed by atoms with Crippen molar-refractivity contribution in [3.8, 4) is 0 Å². The third kappa shape index (κ3) is 1.89. The van der Waals surface area contributed by atoms with Gasteiger partial charge in [-0.3, -0.25) is 0 Å². The molecule has 0 aliphatic heterocycles. The third-order valence-corrected chi connectivity index (χ3v) is 4.69. The maximum atomic E-state index is 5.84. The SMILES string of the molecule is ClCc1csc2c(Br)cc(I)cc12. The van der Waals surface area contributed by atoms with Crippen molar-refractivity contribution in [3.63, 3.8) is 0 Å². The zero-order valence-corrected chi connectivity index (χ0v) is 11.8. The summed E-state index contributed by atoms with van der Waals surface area (Å²) < 4.78 is 3.69. The Hall–Kier alpha value is 0.680. The summed E-state index contributed by atoms with van der Waals surface area (Å²) in [5.74, 6) is 0.590. The molecule has 0 aliphatic carbocycles. The topological polar surface area (TPSA) is 0 Å². The fourth-order valence-corrected chi connectivity index (χ4v) is 4.28. The highest BCUT2D eigenvalue weighted by Gasteiger charge is 2.06. The first kappa shape index (κ1) is 10.2. The fraction of sp³-hybridized carbons (Fsp3) is 0.111. The molecule has 1 heterocycles. The van der Waals surface area contributed by atoms with Crippen LogP contribution >= 0.6 is 61.5 Å². The van der Waals surface area contributed by atoms with Crippen LogP contribution in [0.1, 0.15) is 5.56 Å². The van der Waals surface area contributed by atoms with Crippen molar-refractivity contribution in [2.24, 2.45) is 0 Å². The maximum Gasteiger partial charge on any atom is 0.0488 e. The van der Waals surface area contributed by atoms with E-state index in [-0.39, 0.29) is 0 Å². The van der Waals surface area contributed by atoms with Gasteiger partial charge in [-0.2, -0.15) is 0 Å². The van der Waals surface area contributed by atoms with Crippen LogP contribution < -0.4 is 0 Å². The quantitative estimate of drug-likeness (QED) is 0.477. The summed E-state index contributed by atoms with van der Waals surface area (Å²) in [6.45, 7) is 0. The van der Waals surface area contributed by atoms with Crippen molar-refractivity contribution < 1.29 is 0 Å². The Morgan fingerprint density at radius 3 is 2.92 bits per heavy atom. The van der Waals surface area contributed by atoms with Crippen LogP contribution in [0.3, 0.4) is 0 Å². The zero-order valence-electron chi connectivity index (χ0n) is 6.48. The summed E-state index contributed by atoms with van der Waals surface area (Å²) >= 11 is 13.4. The number of fused-ring (bicyclic) bond motifs is 1. The number of thiophene rings is 1. The molecule has 0 atom stereocenters. The molecule has 13 heavy (non-hydrogen) atoms. The van der Waals surface area contributed by atoms with E-state index in [1.54, 1.807) is 11.3 Å². The second-order valence-electron chi connectivity index (χ2n) is 2.66. The number of halogens is 3. The maximum absolute atomic E-state index is 5.84. The Kier molecular flexibility index (Phi) is 3.18. The Balaban J connectivity index is 2.82. The number of rotatable bonds is 1. The summed E-state index contributed by atoms with van der Waals surface area (Å²) in [7, 11) is 0. The van der Waals surface area contributed by atoms with Gasteiger partial charge < -0.3 is 0 Å². The van der Waals surface area contributed by atoms with Gasteiger partial charge in [-0.15, -0.1) is 22.9 Å². The summed E-state index contributed by atoms with van der Waals surface area (Å²) in [6.07, 6.45) is 0. The van der Waals surface area contributed by atoms with E-state index in [1.165, 1.54) is 19.2 Å².